The lowest BCUT2D eigenvalue weighted by molar-refractivity contribution is -0.122. The second-order valence-electron chi connectivity index (χ2n) is 7.41. The van der Waals surface area contributed by atoms with Gasteiger partial charge in [0.05, 0.1) is 16.3 Å². The van der Waals surface area contributed by atoms with E-state index in [0.717, 1.165) is 0 Å². The average molecular weight is 406 g/mol. The molecule has 2 atom stereocenters. The van der Waals surface area contributed by atoms with E-state index in [1.165, 1.54) is 36.3 Å². The molecule has 3 N–H and O–H groups in total. The van der Waals surface area contributed by atoms with Crippen molar-refractivity contribution in [3.05, 3.63) is 23.8 Å². The summed E-state index contributed by atoms with van der Waals surface area (Å²) >= 11 is 1.23. The van der Waals surface area contributed by atoms with Gasteiger partial charge in [0.25, 0.3) is 0 Å². The second-order valence-corrected chi connectivity index (χ2v) is 8.41. The van der Waals surface area contributed by atoms with Gasteiger partial charge in [-0.2, -0.15) is 0 Å². The number of carbonyl (C=O) groups is 2. The van der Waals surface area contributed by atoms with Crippen molar-refractivity contribution in [2.75, 3.05) is 11.9 Å². The van der Waals surface area contributed by atoms with Crippen LogP contribution in [-0.4, -0.2) is 44.4 Å². The molecule has 0 radical (unpaired) electrons. The monoisotopic (exact) mass is 406 g/mol. The molecule has 1 aliphatic rings. The molecule has 0 unspecified atom stereocenters. The van der Waals surface area contributed by atoms with Crippen LogP contribution < -0.4 is 11.1 Å². The fourth-order valence-corrected chi connectivity index (χ4v) is 4.16. The van der Waals surface area contributed by atoms with Crippen LogP contribution in [0, 0.1) is 12.8 Å². The summed E-state index contributed by atoms with van der Waals surface area (Å²) in [5.41, 5.74) is 4.97. The van der Waals surface area contributed by atoms with Gasteiger partial charge in [-0.05, 0) is 39.2 Å². The van der Waals surface area contributed by atoms with Crippen molar-refractivity contribution in [2.24, 2.45) is 11.7 Å². The van der Waals surface area contributed by atoms with Gasteiger partial charge in [-0.3, -0.25) is 10.1 Å². The Kier molecular flexibility index (Phi) is 5.33. The number of carbonyl (C=O) groups excluding carboxylic acids is 2. The van der Waals surface area contributed by atoms with E-state index in [1.807, 2.05) is 6.92 Å². The summed E-state index contributed by atoms with van der Waals surface area (Å²) in [4.78, 5) is 39.1. The Labute approximate surface area is 166 Å². The number of halogens is 1. The number of hydrogen-bond donors (Lipinski definition) is 2. The quantitative estimate of drug-likeness (QED) is 0.810. The molecule has 3 rings (SSSR count). The lowest BCUT2D eigenvalue weighted by atomic mass is 10.0. The highest BCUT2D eigenvalue weighted by molar-refractivity contribution is 7.19. The standard InChI is InChI=1S/C18H23FN6O2S/c1-9-6-8-25(12(9)14(20)26)17(27)24-16-22-10(2)13(28-16)11-5-7-21-15(23-11)18(3,4)19/h5,7,9,12H,6,8H2,1-4H3,(H2,20,26)(H,22,24,27)/t9-,12+/m1/s1. The Morgan fingerprint density at radius 2 is 2.11 bits per heavy atom. The number of aryl methyl sites for hydroxylation is 1. The molecule has 3 heterocycles. The van der Waals surface area contributed by atoms with E-state index in [4.69, 9.17) is 5.73 Å². The summed E-state index contributed by atoms with van der Waals surface area (Å²) in [6.07, 6.45) is 2.21. The van der Waals surface area contributed by atoms with Crippen LogP contribution in [0.4, 0.5) is 14.3 Å². The number of nitrogens with zero attached hydrogens (tertiary/aromatic N) is 4. The van der Waals surface area contributed by atoms with E-state index in [1.54, 1.807) is 13.0 Å². The van der Waals surface area contributed by atoms with Gasteiger partial charge in [0.15, 0.2) is 16.6 Å². The number of urea groups is 1. The largest absolute Gasteiger partial charge is 0.368 e. The molecule has 10 heteroatoms. The molecule has 0 aromatic carbocycles. The van der Waals surface area contributed by atoms with Gasteiger partial charge in [0, 0.05) is 12.7 Å². The molecule has 0 spiro atoms. The summed E-state index contributed by atoms with van der Waals surface area (Å²) < 4.78 is 14.2. The number of nitrogens with one attached hydrogen (secondary N) is 1. The highest BCUT2D eigenvalue weighted by atomic mass is 32.1. The molecule has 0 aliphatic carbocycles. The van der Waals surface area contributed by atoms with Gasteiger partial charge < -0.3 is 10.6 Å². The van der Waals surface area contributed by atoms with E-state index in [2.05, 4.69) is 20.3 Å². The highest BCUT2D eigenvalue weighted by Gasteiger charge is 2.38. The smallest absolute Gasteiger partial charge is 0.324 e. The third kappa shape index (κ3) is 3.96. The summed E-state index contributed by atoms with van der Waals surface area (Å²) in [5, 5.41) is 3.11. The Morgan fingerprint density at radius 3 is 2.75 bits per heavy atom. The third-order valence-electron chi connectivity index (χ3n) is 4.68. The predicted molar refractivity (Wildman–Crippen MR) is 104 cm³/mol. The molecule has 8 nitrogen and oxygen atoms in total. The maximum absolute atomic E-state index is 14.2. The minimum absolute atomic E-state index is 0.0142. The van der Waals surface area contributed by atoms with Crippen LogP contribution in [0.1, 0.15) is 38.7 Å². The van der Waals surface area contributed by atoms with Crippen molar-refractivity contribution in [3.63, 3.8) is 0 Å². The lowest BCUT2D eigenvalue weighted by Gasteiger charge is -2.23. The number of primary amides is 1. The summed E-state index contributed by atoms with van der Waals surface area (Å²) in [6, 6.07) is 0.630. The van der Waals surface area contributed by atoms with Gasteiger partial charge in [0.1, 0.15) is 6.04 Å². The van der Waals surface area contributed by atoms with E-state index in [-0.39, 0.29) is 11.7 Å². The van der Waals surface area contributed by atoms with Gasteiger partial charge in [-0.1, -0.05) is 18.3 Å². The third-order valence-corrected chi connectivity index (χ3v) is 5.78. The van der Waals surface area contributed by atoms with E-state index < -0.39 is 23.6 Å². The Balaban J connectivity index is 1.82. The molecule has 0 bridgehead atoms. The van der Waals surface area contributed by atoms with Crippen LogP contribution in [0.5, 0.6) is 0 Å². The Bertz CT molecular complexity index is 910. The number of alkyl halides is 1. The maximum Gasteiger partial charge on any atom is 0.324 e. The summed E-state index contributed by atoms with van der Waals surface area (Å²) in [6.45, 7) is 6.92. The van der Waals surface area contributed by atoms with Crippen molar-refractivity contribution < 1.29 is 14.0 Å². The summed E-state index contributed by atoms with van der Waals surface area (Å²) in [5.74, 6) is -0.419. The lowest BCUT2D eigenvalue weighted by Crippen LogP contribution is -2.47. The highest BCUT2D eigenvalue weighted by Crippen LogP contribution is 2.33. The number of anilines is 1. The molecule has 0 saturated carbocycles. The number of thiazole rings is 1. The van der Waals surface area contributed by atoms with Crippen molar-refractivity contribution in [1.82, 2.24) is 19.9 Å². The van der Waals surface area contributed by atoms with Crippen LogP contribution in [0.3, 0.4) is 0 Å². The SMILES string of the molecule is Cc1nc(NC(=O)N2CC[C@@H](C)[C@H]2C(N)=O)sc1-c1ccnc(C(C)(C)F)n1. The minimum atomic E-state index is -1.66. The first kappa shape index (κ1) is 20.1. The van der Waals surface area contributed by atoms with Crippen LogP contribution >= 0.6 is 11.3 Å². The van der Waals surface area contributed by atoms with Crippen molar-refractivity contribution >= 4 is 28.4 Å². The average Bonchev–Trinajstić information content (AvgIpc) is 3.17. The van der Waals surface area contributed by atoms with Crippen LogP contribution in [0.15, 0.2) is 12.3 Å². The van der Waals surface area contributed by atoms with Crippen LogP contribution in [0.2, 0.25) is 0 Å². The van der Waals surface area contributed by atoms with Crippen molar-refractivity contribution in [2.45, 2.75) is 45.8 Å². The molecule has 3 amide bonds. The minimum Gasteiger partial charge on any atom is -0.368 e. The molecule has 28 heavy (non-hydrogen) atoms. The second kappa shape index (κ2) is 7.42. The van der Waals surface area contributed by atoms with E-state index >= 15 is 0 Å². The number of nitrogens with two attached hydrogens (primary N) is 1. The fourth-order valence-electron chi connectivity index (χ4n) is 3.23. The van der Waals surface area contributed by atoms with Crippen molar-refractivity contribution in [3.8, 4) is 10.6 Å². The van der Waals surface area contributed by atoms with Gasteiger partial charge in [-0.25, -0.2) is 24.1 Å². The van der Waals surface area contributed by atoms with Crippen LogP contribution in [0.25, 0.3) is 10.6 Å². The first-order chi connectivity index (χ1) is 13.1. The topological polar surface area (TPSA) is 114 Å². The molecule has 2 aromatic rings. The molecule has 1 fully saturated rings. The zero-order chi connectivity index (χ0) is 20.6. The molecule has 1 aliphatic heterocycles. The molecule has 2 aromatic heterocycles. The molecule has 1 saturated heterocycles. The van der Waals surface area contributed by atoms with Gasteiger partial charge >= 0.3 is 6.03 Å². The fraction of sp³-hybridized carbons (Fsp3) is 0.500. The van der Waals surface area contributed by atoms with E-state index in [0.29, 0.717) is 34.4 Å². The number of aromatic nitrogens is 3. The summed E-state index contributed by atoms with van der Waals surface area (Å²) in [7, 11) is 0. The van der Waals surface area contributed by atoms with Crippen LogP contribution in [-0.2, 0) is 10.5 Å². The zero-order valence-corrected chi connectivity index (χ0v) is 17.0. The van der Waals surface area contributed by atoms with E-state index in [9.17, 15) is 14.0 Å². The first-order valence-corrected chi connectivity index (χ1v) is 9.76. The normalized spacial score (nSPS) is 19.7. The molecule has 150 valence electrons. The Hall–Kier alpha value is -2.62. The van der Waals surface area contributed by atoms with Crippen molar-refractivity contribution in [1.29, 1.82) is 0 Å². The first-order valence-electron chi connectivity index (χ1n) is 8.95. The number of likely N-dealkylation sites (tertiary alicyclic amines) is 1. The number of hydrogen-bond acceptors (Lipinski definition) is 6. The number of amides is 3. The van der Waals surface area contributed by atoms with Gasteiger partial charge in [0.2, 0.25) is 5.91 Å². The number of rotatable bonds is 4. The Morgan fingerprint density at radius 1 is 1.39 bits per heavy atom. The predicted octanol–water partition coefficient (Wildman–Crippen LogP) is 2.84. The molecular formula is C18H23FN6O2S. The zero-order valence-electron chi connectivity index (χ0n) is 16.2. The van der Waals surface area contributed by atoms with Gasteiger partial charge in [-0.15, -0.1) is 0 Å². The maximum atomic E-state index is 14.2. The molecular weight excluding hydrogens is 383 g/mol.